The monoisotopic (exact) mass is 344 g/mol. The lowest BCUT2D eigenvalue weighted by Gasteiger charge is -2.32. The molecule has 2 atom stereocenters. The minimum Gasteiger partial charge on any atom is -0.508 e. The summed E-state index contributed by atoms with van der Waals surface area (Å²) in [6, 6.07) is 8.76. The molecule has 0 aromatic heterocycles. The van der Waals surface area contributed by atoms with Gasteiger partial charge in [0.15, 0.2) is 6.10 Å². The largest absolute Gasteiger partial charge is 0.508 e. The summed E-state index contributed by atoms with van der Waals surface area (Å²) in [5.41, 5.74) is 0.465. The minimum absolute atomic E-state index is 0.0506. The van der Waals surface area contributed by atoms with Crippen molar-refractivity contribution in [3.63, 3.8) is 0 Å². The van der Waals surface area contributed by atoms with E-state index in [4.69, 9.17) is 14.2 Å². The van der Waals surface area contributed by atoms with Gasteiger partial charge < -0.3 is 24.4 Å². The van der Waals surface area contributed by atoms with Gasteiger partial charge in [0.25, 0.3) is 0 Å². The normalized spacial score (nSPS) is 18.9. The number of carbonyl (C=O) groups is 2. The highest BCUT2D eigenvalue weighted by Gasteiger charge is 2.42. The average Bonchev–Trinajstić information content (AvgIpc) is 2.57. The van der Waals surface area contributed by atoms with E-state index in [-0.39, 0.29) is 22.8 Å². The Morgan fingerprint density at radius 3 is 2.44 bits per heavy atom. The zero-order chi connectivity index (χ0) is 18.1. The van der Waals surface area contributed by atoms with Gasteiger partial charge in [0.2, 0.25) is 11.9 Å². The van der Waals surface area contributed by atoms with Gasteiger partial charge in [0.05, 0.1) is 7.11 Å². The minimum atomic E-state index is -1.26. The van der Waals surface area contributed by atoms with Crippen LogP contribution in [0.4, 0.5) is 0 Å². The maximum atomic E-state index is 12.8. The van der Waals surface area contributed by atoms with Crippen LogP contribution in [0.25, 0.3) is 0 Å². The van der Waals surface area contributed by atoms with E-state index in [0.717, 1.165) is 0 Å². The number of hydrogen-bond acceptors (Lipinski definition) is 7. The molecule has 0 radical (unpaired) electrons. The molecule has 0 saturated carbocycles. The summed E-state index contributed by atoms with van der Waals surface area (Å²) in [6.07, 6.45) is -2.18. The van der Waals surface area contributed by atoms with E-state index in [9.17, 15) is 19.8 Å². The highest BCUT2D eigenvalue weighted by Crippen LogP contribution is 2.43. The summed E-state index contributed by atoms with van der Waals surface area (Å²) in [4.78, 5) is 24.2. The summed E-state index contributed by atoms with van der Waals surface area (Å²) < 4.78 is 16.1. The fourth-order valence-corrected chi connectivity index (χ4v) is 2.71. The van der Waals surface area contributed by atoms with Crippen molar-refractivity contribution in [3.8, 4) is 23.0 Å². The van der Waals surface area contributed by atoms with Crippen molar-refractivity contribution < 1.29 is 34.0 Å². The van der Waals surface area contributed by atoms with Crippen LogP contribution in [-0.2, 0) is 9.53 Å². The topological polar surface area (TPSA) is 102 Å². The number of methoxy groups -OCH3 is 1. The number of fused-ring (bicyclic) bond motifs is 1. The smallest absolute Gasteiger partial charge is 0.303 e. The maximum absolute atomic E-state index is 12.8. The molecule has 7 heteroatoms. The van der Waals surface area contributed by atoms with Crippen molar-refractivity contribution in [2.75, 3.05) is 7.11 Å². The Balaban J connectivity index is 2.10. The fraction of sp³-hybridized carbons (Fsp3) is 0.222. The molecular weight excluding hydrogens is 328 g/mol. The second-order valence-corrected chi connectivity index (χ2v) is 5.54. The SMILES string of the molecule is COc1cc(O)c2c(c1)O[C@@H](c1ccc(O)cc1)[C@@H](OC(C)=O)C2=O. The number of phenols is 2. The van der Waals surface area contributed by atoms with Crippen LogP contribution >= 0.6 is 0 Å². The number of hydrogen-bond donors (Lipinski definition) is 2. The van der Waals surface area contributed by atoms with Gasteiger partial charge in [-0.25, -0.2) is 0 Å². The zero-order valence-electron chi connectivity index (χ0n) is 13.6. The average molecular weight is 344 g/mol. The molecule has 0 aliphatic carbocycles. The number of esters is 1. The van der Waals surface area contributed by atoms with Gasteiger partial charge in [-0.15, -0.1) is 0 Å². The molecule has 1 aliphatic rings. The van der Waals surface area contributed by atoms with Gasteiger partial charge in [-0.1, -0.05) is 12.1 Å². The van der Waals surface area contributed by atoms with Gasteiger partial charge in [-0.3, -0.25) is 9.59 Å². The standard InChI is InChI=1S/C18H16O7/c1-9(19)24-18-16(22)15-13(21)7-12(23-2)8-14(15)25-17(18)10-3-5-11(20)6-4-10/h3-8,17-18,20-21H,1-2H3/t17-,18-/m0/s1. The van der Waals surface area contributed by atoms with Gasteiger partial charge in [0, 0.05) is 19.1 Å². The summed E-state index contributed by atoms with van der Waals surface area (Å²) in [5.74, 6) is -1.05. The van der Waals surface area contributed by atoms with Crippen LogP contribution in [0.1, 0.15) is 28.9 Å². The van der Waals surface area contributed by atoms with Crippen molar-refractivity contribution in [2.45, 2.75) is 19.1 Å². The number of phenolic OH excluding ortho intramolecular Hbond substituents is 2. The predicted molar refractivity (Wildman–Crippen MR) is 86.0 cm³/mol. The second-order valence-electron chi connectivity index (χ2n) is 5.54. The van der Waals surface area contributed by atoms with Crippen molar-refractivity contribution in [2.24, 2.45) is 0 Å². The third-order valence-corrected chi connectivity index (χ3v) is 3.84. The number of carbonyl (C=O) groups excluding carboxylic acids is 2. The molecule has 3 rings (SSSR count). The Morgan fingerprint density at radius 2 is 1.84 bits per heavy atom. The van der Waals surface area contributed by atoms with E-state index in [2.05, 4.69) is 0 Å². The molecule has 130 valence electrons. The Kier molecular flexibility index (Phi) is 4.22. The van der Waals surface area contributed by atoms with E-state index in [1.165, 1.54) is 38.3 Å². The lowest BCUT2D eigenvalue weighted by atomic mass is 9.92. The Hall–Kier alpha value is -3.22. The van der Waals surface area contributed by atoms with Gasteiger partial charge in [-0.2, -0.15) is 0 Å². The van der Waals surface area contributed by atoms with Crippen LogP contribution in [0.15, 0.2) is 36.4 Å². The molecule has 0 amide bonds. The van der Waals surface area contributed by atoms with Crippen LogP contribution in [0.5, 0.6) is 23.0 Å². The number of ether oxygens (including phenoxy) is 3. The summed E-state index contributed by atoms with van der Waals surface area (Å²) in [5, 5.41) is 19.6. The molecule has 0 bridgehead atoms. The van der Waals surface area contributed by atoms with Crippen molar-refractivity contribution in [1.29, 1.82) is 0 Å². The summed E-state index contributed by atoms with van der Waals surface area (Å²) in [6.45, 7) is 1.19. The first-order chi connectivity index (χ1) is 11.9. The third kappa shape index (κ3) is 3.08. The molecule has 2 aromatic carbocycles. The number of aromatic hydroxyl groups is 2. The molecule has 1 aliphatic heterocycles. The highest BCUT2D eigenvalue weighted by molar-refractivity contribution is 6.06. The summed E-state index contributed by atoms with van der Waals surface area (Å²) >= 11 is 0. The molecule has 25 heavy (non-hydrogen) atoms. The quantitative estimate of drug-likeness (QED) is 0.824. The third-order valence-electron chi connectivity index (χ3n) is 3.84. The Labute approximate surface area is 143 Å². The molecular formula is C18H16O7. The Bertz CT molecular complexity index is 826. The number of rotatable bonds is 3. The van der Waals surface area contributed by atoms with E-state index in [1.54, 1.807) is 12.1 Å². The first-order valence-electron chi connectivity index (χ1n) is 7.48. The van der Waals surface area contributed by atoms with Crippen LogP contribution in [-0.4, -0.2) is 35.2 Å². The molecule has 0 fully saturated rings. The first kappa shape index (κ1) is 16.6. The molecule has 0 saturated heterocycles. The van der Waals surface area contributed by atoms with Gasteiger partial charge in [0.1, 0.15) is 28.6 Å². The first-order valence-corrected chi connectivity index (χ1v) is 7.48. The molecule has 0 spiro atoms. The zero-order valence-corrected chi connectivity index (χ0v) is 13.6. The van der Waals surface area contributed by atoms with Crippen molar-refractivity contribution in [3.05, 3.63) is 47.5 Å². The van der Waals surface area contributed by atoms with Crippen LogP contribution < -0.4 is 9.47 Å². The number of benzene rings is 2. The van der Waals surface area contributed by atoms with E-state index >= 15 is 0 Å². The van der Waals surface area contributed by atoms with E-state index in [0.29, 0.717) is 11.3 Å². The fourth-order valence-electron chi connectivity index (χ4n) is 2.71. The van der Waals surface area contributed by atoms with Gasteiger partial charge in [-0.05, 0) is 17.7 Å². The molecule has 2 aromatic rings. The van der Waals surface area contributed by atoms with E-state index in [1.807, 2.05) is 0 Å². The van der Waals surface area contributed by atoms with Crippen LogP contribution in [0, 0.1) is 0 Å². The number of ketones is 1. The summed E-state index contributed by atoms with van der Waals surface area (Å²) in [7, 11) is 1.42. The van der Waals surface area contributed by atoms with Gasteiger partial charge >= 0.3 is 5.97 Å². The molecule has 7 nitrogen and oxygen atoms in total. The lowest BCUT2D eigenvalue weighted by Crippen LogP contribution is -2.39. The predicted octanol–water partition coefficient (Wildman–Crippen LogP) is 2.35. The van der Waals surface area contributed by atoms with Crippen LogP contribution in [0.3, 0.4) is 0 Å². The lowest BCUT2D eigenvalue weighted by molar-refractivity contribution is -0.148. The highest BCUT2D eigenvalue weighted by atomic mass is 16.6. The molecule has 1 heterocycles. The number of Topliss-reactive ketones (excluding diaryl/α,β-unsaturated/α-hetero) is 1. The molecule has 2 N–H and O–H groups in total. The maximum Gasteiger partial charge on any atom is 0.303 e. The van der Waals surface area contributed by atoms with Crippen LogP contribution in [0.2, 0.25) is 0 Å². The van der Waals surface area contributed by atoms with Crippen molar-refractivity contribution in [1.82, 2.24) is 0 Å². The molecule has 0 unspecified atom stereocenters. The van der Waals surface area contributed by atoms with E-state index < -0.39 is 24.0 Å². The van der Waals surface area contributed by atoms with Crippen molar-refractivity contribution >= 4 is 11.8 Å². The Morgan fingerprint density at radius 1 is 1.16 bits per heavy atom. The second kappa shape index (κ2) is 6.35.